The molecule has 8 heteroatoms. The number of nitrogens with zero attached hydrogens (tertiary/aromatic N) is 3. The topological polar surface area (TPSA) is 70.2 Å². The monoisotopic (exact) mass is 443 g/mol. The molecule has 2 saturated heterocycles. The van der Waals surface area contributed by atoms with E-state index in [9.17, 15) is 13.2 Å². The van der Waals surface area contributed by atoms with Crippen LogP contribution in [0.15, 0.2) is 48.5 Å². The quantitative estimate of drug-likeness (QED) is 0.686. The molecule has 0 bridgehead atoms. The lowest BCUT2D eigenvalue weighted by atomic mass is 10.1. The molecule has 0 aliphatic carbocycles. The fraction of sp³-hybridized carbons (Fsp3) is 0.435. The summed E-state index contributed by atoms with van der Waals surface area (Å²) in [5.41, 5.74) is 2.43. The van der Waals surface area contributed by atoms with Crippen LogP contribution >= 0.6 is 0 Å². The van der Waals surface area contributed by atoms with Crippen LogP contribution in [0.4, 0.5) is 5.69 Å². The molecule has 166 valence electrons. The number of methoxy groups -OCH3 is 1. The molecular weight excluding hydrogens is 414 g/mol. The van der Waals surface area contributed by atoms with E-state index in [1.807, 2.05) is 29.2 Å². The van der Waals surface area contributed by atoms with Crippen molar-refractivity contribution in [1.29, 1.82) is 0 Å². The van der Waals surface area contributed by atoms with Crippen LogP contribution < -0.4 is 9.64 Å². The summed E-state index contributed by atoms with van der Waals surface area (Å²) in [6.45, 7) is 4.06. The predicted molar refractivity (Wildman–Crippen MR) is 121 cm³/mol. The number of hydrogen-bond donors (Lipinski definition) is 0. The van der Waals surface area contributed by atoms with Crippen molar-refractivity contribution in [2.45, 2.75) is 18.6 Å². The van der Waals surface area contributed by atoms with E-state index in [1.54, 1.807) is 35.7 Å². The summed E-state index contributed by atoms with van der Waals surface area (Å²) >= 11 is 0. The molecule has 4 rings (SSSR count). The van der Waals surface area contributed by atoms with Gasteiger partial charge in [0.15, 0.2) is 0 Å². The van der Waals surface area contributed by atoms with Gasteiger partial charge in [-0.1, -0.05) is 12.1 Å². The van der Waals surface area contributed by atoms with Gasteiger partial charge in [0.2, 0.25) is 10.0 Å². The van der Waals surface area contributed by atoms with Crippen LogP contribution in [0.5, 0.6) is 5.75 Å². The molecule has 7 nitrogen and oxygen atoms in total. The third kappa shape index (κ3) is 5.02. The maximum absolute atomic E-state index is 12.9. The number of anilines is 1. The lowest BCUT2D eigenvalue weighted by Gasteiger charge is -2.36. The van der Waals surface area contributed by atoms with Crippen molar-refractivity contribution in [3.8, 4) is 5.75 Å². The maximum Gasteiger partial charge on any atom is 0.253 e. The molecule has 0 radical (unpaired) electrons. The first kappa shape index (κ1) is 21.6. The zero-order valence-electron chi connectivity index (χ0n) is 17.9. The Morgan fingerprint density at radius 1 is 0.871 bits per heavy atom. The van der Waals surface area contributed by atoms with E-state index >= 15 is 0 Å². The highest BCUT2D eigenvalue weighted by molar-refractivity contribution is 7.88. The Morgan fingerprint density at radius 3 is 2.06 bits per heavy atom. The fourth-order valence-electron chi connectivity index (χ4n) is 4.16. The van der Waals surface area contributed by atoms with Gasteiger partial charge in [-0.05, 0) is 54.8 Å². The van der Waals surface area contributed by atoms with Crippen LogP contribution in [-0.4, -0.2) is 69.9 Å². The van der Waals surface area contributed by atoms with Crippen LogP contribution in [0.25, 0.3) is 0 Å². The zero-order valence-corrected chi connectivity index (χ0v) is 18.7. The standard InChI is InChI=1S/C23H29N3O4S/c1-30-22-10-8-21(9-11-22)24-14-16-25(17-15-24)23(27)20-6-4-19(5-7-20)18-31(28,29)26-12-2-3-13-26/h4-11H,2-3,12-18H2,1H3. The largest absolute Gasteiger partial charge is 0.497 e. The molecule has 2 fully saturated rings. The number of carbonyl (C=O) groups excluding carboxylic acids is 1. The minimum absolute atomic E-state index is 0.0108. The number of hydrogen-bond acceptors (Lipinski definition) is 5. The maximum atomic E-state index is 12.9. The van der Waals surface area contributed by atoms with Crippen molar-refractivity contribution < 1.29 is 17.9 Å². The molecule has 2 aliphatic heterocycles. The van der Waals surface area contributed by atoms with E-state index < -0.39 is 10.0 Å². The van der Waals surface area contributed by atoms with E-state index in [0.29, 0.717) is 37.3 Å². The Balaban J connectivity index is 1.33. The molecule has 0 saturated carbocycles. The minimum Gasteiger partial charge on any atom is -0.497 e. The van der Waals surface area contributed by atoms with Crippen molar-refractivity contribution in [2.75, 3.05) is 51.3 Å². The Labute approximate surface area is 184 Å². The summed E-state index contributed by atoms with van der Waals surface area (Å²) in [4.78, 5) is 17.0. The second kappa shape index (κ2) is 9.28. The van der Waals surface area contributed by atoms with Gasteiger partial charge >= 0.3 is 0 Å². The number of piperazine rings is 1. The van der Waals surface area contributed by atoms with Crippen molar-refractivity contribution in [1.82, 2.24) is 9.21 Å². The Hall–Kier alpha value is -2.58. The first-order chi connectivity index (χ1) is 15.0. The Kier molecular flexibility index (Phi) is 6.48. The van der Waals surface area contributed by atoms with Gasteiger partial charge in [-0.25, -0.2) is 12.7 Å². The number of carbonyl (C=O) groups is 1. The van der Waals surface area contributed by atoms with Gasteiger partial charge in [-0.2, -0.15) is 0 Å². The highest BCUT2D eigenvalue weighted by Crippen LogP contribution is 2.22. The van der Waals surface area contributed by atoms with Crippen molar-refractivity contribution >= 4 is 21.6 Å². The van der Waals surface area contributed by atoms with Crippen LogP contribution in [0.2, 0.25) is 0 Å². The molecule has 31 heavy (non-hydrogen) atoms. The summed E-state index contributed by atoms with van der Waals surface area (Å²) in [6.07, 6.45) is 1.86. The van der Waals surface area contributed by atoms with Gasteiger partial charge in [-0.15, -0.1) is 0 Å². The molecule has 2 heterocycles. The first-order valence-corrected chi connectivity index (χ1v) is 12.3. The minimum atomic E-state index is -3.28. The van der Waals surface area contributed by atoms with E-state index in [1.165, 1.54) is 0 Å². The van der Waals surface area contributed by atoms with E-state index in [4.69, 9.17) is 4.74 Å². The van der Waals surface area contributed by atoms with Crippen molar-refractivity contribution in [3.05, 3.63) is 59.7 Å². The molecule has 1 amide bonds. The van der Waals surface area contributed by atoms with Crippen LogP contribution in [0.1, 0.15) is 28.8 Å². The molecule has 0 N–H and O–H groups in total. The normalized spacial score (nSPS) is 17.7. The fourth-order valence-corrected chi connectivity index (χ4v) is 5.77. The second-order valence-corrected chi connectivity index (χ2v) is 10.0. The Bertz CT molecular complexity index is 992. The average molecular weight is 444 g/mol. The van der Waals surface area contributed by atoms with E-state index in [-0.39, 0.29) is 11.7 Å². The molecule has 0 aromatic heterocycles. The molecule has 0 atom stereocenters. The van der Waals surface area contributed by atoms with Crippen LogP contribution in [0, 0.1) is 0 Å². The third-order valence-electron chi connectivity index (χ3n) is 6.01. The second-order valence-electron chi connectivity index (χ2n) is 8.04. The van der Waals surface area contributed by atoms with Crippen LogP contribution in [0.3, 0.4) is 0 Å². The van der Waals surface area contributed by atoms with E-state index in [0.717, 1.165) is 37.4 Å². The van der Waals surface area contributed by atoms with E-state index in [2.05, 4.69) is 4.90 Å². The van der Waals surface area contributed by atoms with Crippen LogP contribution in [-0.2, 0) is 15.8 Å². The van der Waals surface area contributed by atoms with Crippen molar-refractivity contribution in [3.63, 3.8) is 0 Å². The SMILES string of the molecule is COc1ccc(N2CCN(C(=O)c3ccc(CS(=O)(=O)N4CCCC4)cc3)CC2)cc1. The summed E-state index contributed by atoms with van der Waals surface area (Å²) in [7, 11) is -1.63. The third-order valence-corrected chi connectivity index (χ3v) is 7.86. The summed E-state index contributed by atoms with van der Waals surface area (Å²) in [5.74, 6) is 0.805. The van der Waals surface area contributed by atoms with Crippen molar-refractivity contribution in [2.24, 2.45) is 0 Å². The van der Waals surface area contributed by atoms with Gasteiger partial charge in [0, 0.05) is 50.5 Å². The number of amides is 1. The molecule has 2 aliphatic rings. The summed E-state index contributed by atoms with van der Waals surface area (Å²) in [5, 5.41) is 0. The first-order valence-electron chi connectivity index (χ1n) is 10.7. The molecule has 2 aromatic rings. The highest BCUT2D eigenvalue weighted by atomic mass is 32.2. The van der Waals surface area contributed by atoms with Gasteiger partial charge in [0.25, 0.3) is 5.91 Å². The Morgan fingerprint density at radius 2 is 1.48 bits per heavy atom. The highest BCUT2D eigenvalue weighted by Gasteiger charge is 2.26. The summed E-state index contributed by atoms with van der Waals surface area (Å²) < 4.78 is 31.8. The number of sulfonamides is 1. The van der Waals surface area contributed by atoms with Gasteiger partial charge in [0.05, 0.1) is 12.9 Å². The molecular formula is C23H29N3O4S. The molecule has 0 spiro atoms. The lowest BCUT2D eigenvalue weighted by Crippen LogP contribution is -2.48. The average Bonchev–Trinajstić information content (AvgIpc) is 3.35. The smallest absolute Gasteiger partial charge is 0.253 e. The van der Waals surface area contributed by atoms with Gasteiger partial charge in [0.1, 0.15) is 5.75 Å². The zero-order chi connectivity index (χ0) is 21.8. The number of rotatable bonds is 6. The number of ether oxygens (including phenoxy) is 1. The number of benzene rings is 2. The predicted octanol–water partition coefficient (Wildman–Crippen LogP) is 2.58. The van der Waals surface area contributed by atoms with Gasteiger partial charge < -0.3 is 14.5 Å². The van der Waals surface area contributed by atoms with Gasteiger partial charge in [-0.3, -0.25) is 4.79 Å². The lowest BCUT2D eigenvalue weighted by molar-refractivity contribution is 0.0747. The molecule has 0 unspecified atom stereocenters. The summed E-state index contributed by atoms with van der Waals surface area (Å²) in [6, 6.07) is 15.0. The molecule has 2 aromatic carbocycles.